The number of hydrogen-bond acceptors (Lipinski definition) is 4. The fourth-order valence-electron chi connectivity index (χ4n) is 3.51. The smallest absolute Gasteiger partial charge is 0.306 e. The standard InChI is InChI=1S/C28H38O4/c1-4-6-8-9-10-11-21-31-26-19-17-24(18-20-26)23-13-15-25(16-14-23)28(30)22(3)32-27(29)12-7-5-2/h13-20,22H,4-12,21H2,1-3H3. The highest BCUT2D eigenvalue weighted by molar-refractivity contribution is 6.00. The molecular weight excluding hydrogens is 400 g/mol. The van der Waals surface area contributed by atoms with E-state index in [2.05, 4.69) is 6.92 Å². The number of ether oxygens (including phenoxy) is 2. The van der Waals surface area contributed by atoms with Gasteiger partial charge in [-0.05, 0) is 43.0 Å². The highest BCUT2D eigenvalue weighted by Gasteiger charge is 2.19. The first-order valence-electron chi connectivity index (χ1n) is 12.1. The van der Waals surface area contributed by atoms with E-state index >= 15 is 0 Å². The summed E-state index contributed by atoms with van der Waals surface area (Å²) in [5.41, 5.74) is 2.63. The Kier molecular flexibility index (Phi) is 11.6. The minimum Gasteiger partial charge on any atom is -0.494 e. The Morgan fingerprint density at radius 2 is 1.31 bits per heavy atom. The molecule has 0 heterocycles. The van der Waals surface area contributed by atoms with E-state index in [1.54, 1.807) is 19.1 Å². The maximum absolute atomic E-state index is 12.6. The van der Waals surface area contributed by atoms with Gasteiger partial charge in [-0.2, -0.15) is 0 Å². The number of Topliss-reactive ketones (excluding diaryl/α,β-unsaturated/α-hetero) is 1. The molecule has 0 N–H and O–H groups in total. The third-order valence-corrected chi connectivity index (χ3v) is 5.54. The molecule has 2 aromatic carbocycles. The lowest BCUT2D eigenvalue weighted by Gasteiger charge is -2.13. The zero-order valence-corrected chi connectivity index (χ0v) is 19.9. The predicted octanol–water partition coefficient (Wildman–Crippen LogP) is 7.40. The molecule has 0 aliphatic rings. The lowest BCUT2D eigenvalue weighted by molar-refractivity contribution is -0.146. The molecule has 1 unspecified atom stereocenters. The zero-order chi connectivity index (χ0) is 23.2. The number of carbonyl (C=O) groups excluding carboxylic acids is 2. The van der Waals surface area contributed by atoms with Gasteiger partial charge in [0.2, 0.25) is 5.78 Å². The van der Waals surface area contributed by atoms with Crippen LogP contribution in [0.1, 0.15) is 88.9 Å². The monoisotopic (exact) mass is 438 g/mol. The molecule has 4 nitrogen and oxygen atoms in total. The van der Waals surface area contributed by atoms with Crippen LogP contribution in [0.4, 0.5) is 0 Å². The SMILES string of the molecule is CCCCCCCCOc1ccc(-c2ccc(C(=O)C(C)OC(=O)CCCC)cc2)cc1. The summed E-state index contributed by atoms with van der Waals surface area (Å²) in [4.78, 5) is 24.3. The number of hydrogen-bond donors (Lipinski definition) is 0. The molecule has 4 heteroatoms. The van der Waals surface area contributed by atoms with Crippen LogP contribution in [-0.4, -0.2) is 24.5 Å². The van der Waals surface area contributed by atoms with Gasteiger partial charge in [-0.15, -0.1) is 0 Å². The van der Waals surface area contributed by atoms with Gasteiger partial charge in [0, 0.05) is 12.0 Å². The van der Waals surface area contributed by atoms with Crippen LogP contribution in [0.3, 0.4) is 0 Å². The Bertz CT molecular complexity index is 808. The summed E-state index contributed by atoms with van der Waals surface area (Å²) in [5.74, 6) is 0.385. The van der Waals surface area contributed by atoms with Crippen molar-refractivity contribution in [3.8, 4) is 16.9 Å². The second-order valence-electron chi connectivity index (χ2n) is 8.32. The fourth-order valence-corrected chi connectivity index (χ4v) is 3.51. The van der Waals surface area contributed by atoms with Crippen LogP contribution in [-0.2, 0) is 9.53 Å². The van der Waals surface area contributed by atoms with E-state index in [0.29, 0.717) is 12.0 Å². The number of ketones is 1. The molecule has 0 bridgehead atoms. The lowest BCUT2D eigenvalue weighted by Crippen LogP contribution is -2.24. The van der Waals surface area contributed by atoms with Gasteiger partial charge in [0.25, 0.3) is 0 Å². The minimum atomic E-state index is -0.770. The molecule has 1 atom stereocenters. The highest BCUT2D eigenvalue weighted by atomic mass is 16.5. The first-order valence-corrected chi connectivity index (χ1v) is 12.1. The topological polar surface area (TPSA) is 52.6 Å². The van der Waals surface area contributed by atoms with E-state index in [1.807, 2.05) is 43.3 Å². The van der Waals surface area contributed by atoms with Crippen molar-refractivity contribution in [2.45, 2.75) is 84.7 Å². The molecular formula is C28H38O4. The van der Waals surface area contributed by atoms with Crippen LogP contribution in [0.2, 0.25) is 0 Å². The van der Waals surface area contributed by atoms with Crippen molar-refractivity contribution in [1.29, 1.82) is 0 Å². The maximum atomic E-state index is 12.6. The third-order valence-electron chi connectivity index (χ3n) is 5.54. The van der Waals surface area contributed by atoms with E-state index in [1.165, 1.54) is 32.1 Å². The largest absolute Gasteiger partial charge is 0.494 e. The van der Waals surface area contributed by atoms with Crippen molar-refractivity contribution in [3.63, 3.8) is 0 Å². The summed E-state index contributed by atoms with van der Waals surface area (Å²) >= 11 is 0. The van der Waals surface area contributed by atoms with Gasteiger partial charge in [-0.1, -0.05) is 88.8 Å². The lowest BCUT2D eigenvalue weighted by atomic mass is 10.0. The second-order valence-corrected chi connectivity index (χ2v) is 8.32. The molecule has 0 radical (unpaired) electrons. The summed E-state index contributed by atoms with van der Waals surface area (Å²) in [5, 5.41) is 0. The van der Waals surface area contributed by atoms with Crippen LogP contribution in [0.25, 0.3) is 11.1 Å². The molecule has 0 aliphatic heterocycles. The highest BCUT2D eigenvalue weighted by Crippen LogP contribution is 2.23. The summed E-state index contributed by atoms with van der Waals surface area (Å²) < 4.78 is 11.1. The van der Waals surface area contributed by atoms with Crippen LogP contribution >= 0.6 is 0 Å². The number of unbranched alkanes of at least 4 members (excludes halogenated alkanes) is 6. The predicted molar refractivity (Wildman–Crippen MR) is 130 cm³/mol. The van der Waals surface area contributed by atoms with E-state index in [4.69, 9.17) is 9.47 Å². The first-order chi connectivity index (χ1) is 15.5. The van der Waals surface area contributed by atoms with Crippen LogP contribution in [0, 0.1) is 0 Å². The van der Waals surface area contributed by atoms with Crippen LogP contribution in [0.15, 0.2) is 48.5 Å². The van der Waals surface area contributed by atoms with Crippen molar-refractivity contribution in [2.24, 2.45) is 0 Å². The average Bonchev–Trinajstić information content (AvgIpc) is 2.82. The van der Waals surface area contributed by atoms with Gasteiger partial charge >= 0.3 is 5.97 Å². The number of carbonyl (C=O) groups is 2. The summed E-state index contributed by atoms with van der Waals surface area (Å²) in [6, 6.07) is 15.5. The van der Waals surface area contributed by atoms with Gasteiger partial charge < -0.3 is 9.47 Å². The Labute approximate surface area is 193 Å². The first kappa shape index (κ1) is 25.6. The molecule has 0 amide bonds. The van der Waals surface area contributed by atoms with E-state index in [9.17, 15) is 9.59 Å². The van der Waals surface area contributed by atoms with Gasteiger partial charge in [0.15, 0.2) is 6.10 Å². The van der Waals surface area contributed by atoms with Crippen molar-refractivity contribution < 1.29 is 19.1 Å². The van der Waals surface area contributed by atoms with Gasteiger partial charge in [0.1, 0.15) is 5.75 Å². The number of esters is 1. The molecule has 0 spiro atoms. The Morgan fingerprint density at radius 3 is 1.94 bits per heavy atom. The second kappa shape index (κ2) is 14.4. The summed E-state index contributed by atoms with van der Waals surface area (Å²) in [6.07, 6.45) is 8.79. The van der Waals surface area contributed by atoms with Gasteiger partial charge in [0.05, 0.1) is 6.61 Å². The zero-order valence-electron chi connectivity index (χ0n) is 19.9. The minimum absolute atomic E-state index is 0.181. The van der Waals surface area contributed by atoms with E-state index in [0.717, 1.165) is 42.7 Å². The van der Waals surface area contributed by atoms with Crippen molar-refractivity contribution in [1.82, 2.24) is 0 Å². The molecule has 0 aromatic heterocycles. The molecule has 32 heavy (non-hydrogen) atoms. The number of benzene rings is 2. The Morgan fingerprint density at radius 1 is 0.750 bits per heavy atom. The molecule has 2 rings (SSSR count). The van der Waals surface area contributed by atoms with Crippen molar-refractivity contribution in [2.75, 3.05) is 6.61 Å². The maximum Gasteiger partial charge on any atom is 0.306 e. The average molecular weight is 439 g/mol. The van der Waals surface area contributed by atoms with Crippen molar-refractivity contribution >= 4 is 11.8 Å². The van der Waals surface area contributed by atoms with Crippen LogP contribution in [0.5, 0.6) is 5.75 Å². The molecule has 0 saturated carbocycles. The summed E-state index contributed by atoms with van der Waals surface area (Å²) in [6.45, 7) is 6.63. The van der Waals surface area contributed by atoms with Crippen molar-refractivity contribution in [3.05, 3.63) is 54.1 Å². The fraction of sp³-hybridized carbons (Fsp3) is 0.500. The third kappa shape index (κ3) is 8.86. The van der Waals surface area contributed by atoms with Gasteiger partial charge in [-0.3, -0.25) is 9.59 Å². The molecule has 2 aromatic rings. The Balaban J connectivity index is 1.83. The normalized spacial score (nSPS) is 11.7. The molecule has 174 valence electrons. The quantitative estimate of drug-likeness (QED) is 0.165. The summed E-state index contributed by atoms with van der Waals surface area (Å²) in [7, 11) is 0. The number of rotatable bonds is 15. The van der Waals surface area contributed by atoms with E-state index in [-0.39, 0.29) is 11.8 Å². The molecule has 0 saturated heterocycles. The van der Waals surface area contributed by atoms with E-state index < -0.39 is 6.10 Å². The Hall–Kier alpha value is -2.62. The molecule has 0 fully saturated rings. The van der Waals surface area contributed by atoms with Gasteiger partial charge in [-0.25, -0.2) is 0 Å². The van der Waals surface area contributed by atoms with Crippen LogP contribution < -0.4 is 4.74 Å². The molecule has 0 aliphatic carbocycles.